The van der Waals surface area contributed by atoms with E-state index < -0.39 is 0 Å². The van der Waals surface area contributed by atoms with Gasteiger partial charge in [-0.3, -0.25) is 0 Å². The average molecular weight is 394 g/mol. The lowest BCUT2D eigenvalue weighted by Crippen LogP contribution is -2.01. The standard InChI is InChI=1S/C21H16BrNO2/c22-19-12-21(25-15-17-9-5-2-6-10-17)20(11-18(19)13-23)24-14-16-7-3-1-4-8-16/h1-12H,14-15H2. The molecular weight excluding hydrogens is 378 g/mol. The maximum absolute atomic E-state index is 9.25. The van der Waals surface area contributed by atoms with Gasteiger partial charge in [0.2, 0.25) is 0 Å². The molecule has 0 aromatic heterocycles. The van der Waals surface area contributed by atoms with E-state index in [1.165, 1.54) is 0 Å². The molecule has 0 aliphatic rings. The molecule has 0 saturated carbocycles. The monoisotopic (exact) mass is 393 g/mol. The predicted octanol–water partition coefficient (Wildman–Crippen LogP) is 5.48. The van der Waals surface area contributed by atoms with Crippen LogP contribution < -0.4 is 9.47 Å². The van der Waals surface area contributed by atoms with Gasteiger partial charge >= 0.3 is 0 Å². The molecule has 0 saturated heterocycles. The van der Waals surface area contributed by atoms with Crippen LogP contribution in [0.2, 0.25) is 0 Å². The number of nitrogens with zero attached hydrogens (tertiary/aromatic N) is 1. The molecule has 0 atom stereocenters. The zero-order chi connectivity index (χ0) is 17.5. The van der Waals surface area contributed by atoms with Crippen molar-refractivity contribution >= 4 is 15.9 Å². The van der Waals surface area contributed by atoms with Crippen LogP contribution in [0.3, 0.4) is 0 Å². The minimum absolute atomic E-state index is 0.412. The van der Waals surface area contributed by atoms with E-state index in [0.29, 0.717) is 34.7 Å². The third-order valence-electron chi connectivity index (χ3n) is 3.63. The summed E-state index contributed by atoms with van der Waals surface area (Å²) >= 11 is 3.41. The third-order valence-corrected chi connectivity index (χ3v) is 4.28. The Morgan fingerprint density at radius 3 is 1.72 bits per heavy atom. The maximum atomic E-state index is 9.25. The molecule has 0 amide bonds. The van der Waals surface area contributed by atoms with Gasteiger partial charge in [-0.2, -0.15) is 5.26 Å². The number of hydrogen-bond acceptors (Lipinski definition) is 3. The Morgan fingerprint density at radius 2 is 1.24 bits per heavy atom. The van der Waals surface area contributed by atoms with Gasteiger partial charge in [0, 0.05) is 10.5 Å². The predicted molar refractivity (Wildman–Crippen MR) is 100 cm³/mol. The van der Waals surface area contributed by atoms with Crippen LogP contribution in [0.4, 0.5) is 0 Å². The second-order valence-corrected chi connectivity index (χ2v) is 6.29. The molecule has 124 valence electrons. The first-order valence-electron chi connectivity index (χ1n) is 7.83. The Kier molecular flexibility index (Phi) is 5.71. The fraction of sp³-hybridized carbons (Fsp3) is 0.0952. The van der Waals surface area contributed by atoms with E-state index >= 15 is 0 Å². The quantitative estimate of drug-likeness (QED) is 0.556. The molecule has 0 bridgehead atoms. The number of hydrogen-bond donors (Lipinski definition) is 0. The molecule has 0 spiro atoms. The van der Waals surface area contributed by atoms with Crippen molar-refractivity contribution in [1.82, 2.24) is 0 Å². The van der Waals surface area contributed by atoms with Crippen LogP contribution in [0.1, 0.15) is 16.7 Å². The molecule has 0 heterocycles. The van der Waals surface area contributed by atoms with Gasteiger partial charge < -0.3 is 9.47 Å². The van der Waals surface area contributed by atoms with E-state index in [9.17, 15) is 5.26 Å². The first-order chi connectivity index (χ1) is 12.3. The molecule has 0 N–H and O–H groups in total. The van der Waals surface area contributed by atoms with Gasteiger partial charge in [0.25, 0.3) is 0 Å². The summed E-state index contributed by atoms with van der Waals surface area (Å²) in [6.45, 7) is 0.843. The van der Waals surface area contributed by atoms with Crippen LogP contribution in [-0.2, 0) is 13.2 Å². The fourth-order valence-electron chi connectivity index (χ4n) is 2.32. The summed E-state index contributed by atoms with van der Waals surface area (Å²) in [7, 11) is 0. The molecule has 4 heteroatoms. The summed E-state index contributed by atoms with van der Waals surface area (Å²) in [4.78, 5) is 0. The van der Waals surface area contributed by atoms with Crippen LogP contribution in [0.25, 0.3) is 0 Å². The van der Waals surface area contributed by atoms with Crippen molar-refractivity contribution in [3.8, 4) is 17.6 Å². The zero-order valence-electron chi connectivity index (χ0n) is 13.5. The lowest BCUT2D eigenvalue weighted by molar-refractivity contribution is 0.255. The molecule has 3 aromatic carbocycles. The van der Waals surface area contributed by atoms with E-state index in [-0.39, 0.29) is 0 Å². The van der Waals surface area contributed by atoms with Gasteiger partial charge in [-0.15, -0.1) is 0 Å². The summed E-state index contributed by atoms with van der Waals surface area (Å²) < 4.78 is 12.5. The minimum Gasteiger partial charge on any atom is -0.485 e. The molecule has 0 aliphatic heterocycles. The van der Waals surface area contributed by atoms with E-state index in [1.54, 1.807) is 12.1 Å². The number of halogens is 1. The van der Waals surface area contributed by atoms with Crippen molar-refractivity contribution in [2.45, 2.75) is 13.2 Å². The largest absolute Gasteiger partial charge is 0.485 e. The second kappa shape index (κ2) is 8.36. The smallest absolute Gasteiger partial charge is 0.163 e. The lowest BCUT2D eigenvalue weighted by atomic mass is 10.2. The number of nitriles is 1. The van der Waals surface area contributed by atoms with Crippen LogP contribution in [0, 0.1) is 11.3 Å². The zero-order valence-corrected chi connectivity index (χ0v) is 15.1. The van der Waals surface area contributed by atoms with Crippen molar-refractivity contribution in [3.05, 3.63) is 94.0 Å². The maximum Gasteiger partial charge on any atom is 0.163 e. The molecule has 0 radical (unpaired) electrons. The third kappa shape index (κ3) is 4.62. The molecule has 0 unspecified atom stereocenters. The summed E-state index contributed by atoms with van der Waals surface area (Å²) in [5, 5.41) is 9.25. The molecular formula is C21H16BrNO2. The summed E-state index contributed by atoms with van der Waals surface area (Å²) in [5.74, 6) is 1.16. The molecule has 3 nitrogen and oxygen atoms in total. The summed E-state index contributed by atoms with van der Waals surface area (Å²) in [5.41, 5.74) is 2.63. The molecule has 3 aromatic rings. The Labute approximate surface area is 155 Å². The van der Waals surface area contributed by atoms with Crippen molar-refractivity contribution in [3.63, 3.8) is 0 Å². The Morgan fingerprint density at radius 1 is 0.760 bits per heavy atom. The lowest BCUT2D eigenvalue weighted by Gasteiger charge is -2.14. The topological polar surface area (TPSA) is 42.2 Å². The van der Waals surface area contributed by atoms with Gasteiger partial charge in [0.15, 0.2) is 11.5 Å². The first kappa shape index (κ1) is 17.1. The van der Waals surface area contributed by atoms with E-state index in [4.69, 9.17) is 9.47 Å². The fourth-order valence-corrected chi connectivity index (χ4v) is 2.73. The SMILES string of the molecule is N#Cc1cc(OCc2ccccc2)c(OCc2ccccc2)cc1Br. The van der Waals surface area contributed by atoms with Crippen LogP contribution in [0.5, 0.6) is 11.5 Å². The van der Waals surface area contributed by atoms with Crippen LogP contribution in [-0.4, -0.2) is 0 Å². The molecule has 0 fully saturated rings. The van der Waals surface area contributed by atoms with Crippen LogP contribution in [0.15, 0.2) is 77.3 Å². The number of ether oxygens (including phenoxy) is 2. The highest BCUT2D eigenvalue weighted by molar-refractivity contribution is 9.10. The van der Waals surface area contributed by atoms with Gasteiger partial charge in [-0.1, -0.05) is 60.7 Å². The van der Waals surface area contributed by atoms with Gasteiger partial charge in [0.05, 0.1) is 5.56 Å². The van der Waals surface area contributed by atoms with Crippen LogP contribution >= 0.6 is 15.9 Å². The van der Waals surface area contributed by atoms with E-state index in [1.807, 2.05) is 60.7 Å². The minimum atomic E-state index is 0.412. The Bertz CT molecular complexity index is 874. The highest BCUT2D eigenvalue weighted by Gasteiger charge is 2.11. The molecule has 25 heavy (non-hydrogen) atoms. The van der Waals surface area contributed by atoms with Gasteiger partial charge in [-0.05, 0) is 33.1 Å². The number of benzene rings is 3. The normalized spacial score (nSPS) is 10.1. The van der Waals surface area contributed by atoms with Crippen molar-refractivity contribution in [2.24, 2.45) is 0 Å². The second-order valence-electron chi connectivity index (χ2n) is 5.44. The average Bonchev–Trinajstić information content (AvgIpc) is 2.67. The van der Waals surface area contributed by atoms with Crippen molar-refractivity contribution < 1.29 is 9.47 Å². The Hall–Kier alpha value is -2.77. The highest BCUT2D eigenvalue weighted by Crippen LogP contribution is 2.34. The van der Waals surface area contributed by atoms with Gasteiger partial charge in [-0.25, -0.2) is 0 Å². The van der Waals surface area contributed by atoms with Crippen molar-refractivity contribution in [2.75, 3.05) is 0 Å². The van der Waals surface area contributed by atoms with Gasteiger partial charge in [0.1, 0.15) is 19.3 Å². The van der Waals surface area contributed by atoms with Crippen molar-refractivity contribution in [1.29, 1.82) is 5.26 Å². The Balaban J connectivity index is 1.80. The highest BCUT2D eigenvalue weighted by atomic mass is 79.9. The molecule has 0 aliphatic carbocycles. The van der Waals surface area contributed by atoms with E-state index in [0.717, 1.165) is 11.1 Å². The summed E-state index contributed by atoms with van der Waals surface area (Å²) in [6, 6.07) is 25.4. The number of rotatable bonds is 6. The van der Waals surface area contributed by atoms with E-state index in [2.05, 4.69) is 22.0 Å². The summed E-state index contributed by atoms with van der Waals surface area (Å²) in [6.07, 6.45) is 0. The molecule has 3 rings (SSSR count). The first-order valence-corrected chi connectivity index (χ1v) is 8.62.